The Morgan fingerprint density at radius 1 is 1.12 bits per heavy atom. The van der Waals surface area contributed by atoms with Crippen molar-refractivity contribution in [3.8, 4) is 5.75 Å². The third-order valence-electron chi connectivity index (χ3n) is 2.75. The van der Waals surface area contributed by atoms with Gasteiger partial charge in [0.25, 0.3) is 0 Å². The predicted octanol–water partition coefficient (Wildman–Crippen LogP) is 4.17. The van der Waals surface area contributed by atoms with E-state index in [1.54, 1.807) is 12.1 Å². The van der Waals surface area contributed by atoms with Crippen LogP contribution in [-0.4, -0.2) is 17.9 Å². The van der Waals surface area contributed by atoms with Crippen LogP contribution in [0.5, 0.6) is 5.75 Å². The van der Waals surface area contributed by atoms with Crippen molar-refractivity contribution < 1.29 is 5.11 Å². The van der Waals surface area contributed by atoms with Gasteiger partial charge in [-0.3, -0.25) is 4.99 Å². The maximum atomic E-state index is 9.27. The molecular formula is C15H23NO. The predicted molar refractivity (Wildman–Crippen MR) is 73.9 cm³/mol. The zero-order valence-corrected chi connectivity index (χ0v) is 10.7. The molecule has 0 atom stereocenters. The van der Waals surface area contributed by atoms with Crippen molar-refractivity contribution in [2.24, 2.45) is 4.99 Å². The van der Waals surface area contributed by atoms with Crippen LogP contribution in [0, 0.1) is 0 Å². The Balaban J connectivity index is 2.10. The van der Waals surface area contributed by atoms with Gasteiger partial charge < -0.3 is 5.11 Å². The molecule has 0 aromatic heterocycles. The average molecular weight is 233 g/mol. The molecule has 1 N–H and O–H groups in total. The minimum atomic E-state index is 0.300. The fraction of sp³-hybridized carbons (Fsp3) is 0.533. The van der Waals surface area contributed by atoms with E-state index in [1.165, 1.54) is 38.5 Å². The zero-order chi connectivity index (χ0) is 12.3. The highest BCUT2D eigenvalue weighted by atomic mass is 16.3. The fourth-order valence-electron chi connectivity index (χ4n) is 1.76. The molecule has 1 aromatic rings. The van der Waals surface area contributed by atoms with Gasteiger partial charge >= 0.3 is 0 Å². The Morgan fingerprint density at radius 2 is 1.88 bits per heavy atom. The molecular weight excluding hydrogens is 210 g/mol. The lowest BCUT2D eigenvalue weighted by molar-refractivity contribution is 0.475. The number of benzene rings is 1. The number of hydrogen-bond donors (Lipinski definition) is 1. The summed E-state index contributed by atoms with van der Waals surface area (Å²) in [6, 6.07) is 7.18. The number of aliphatic imine (C=N–C) groups is 1. The second-order valence-corrected chi connectivity index (χ2v) is 4.40. The van der Waals surface area contributed by atoms with E-state index in [0.29, 0.717) is 5.75 Å². The molecule has 0 unspecified atom stereocenters. The maximum Gasteiger partial charge on any atom is 0.116 e. The van der Waals surface area contributed by atoms with Crippen LogP contribution in [0.15, 0.2) is 29.3 Å². The number of unbranched alkanes of at least 4 members (excludes halogenated alkanes) is 5. The molecule has 2 heteroatoms. The number of phenols is 1. The maximum absolute atomic E-state index is 9.27. The first-order valence-electron chi connectivity index (χ1n) is 6.62. The average Bonchev–Trinajstić information content (AvgIpc) is 2.33. The Morgan fingerprint density at radius 3 is 2.65 bits per heavy atom. The molecule has 0 aliphatic heterocycles. The van der Waals surface area contributed by atoms with E-state index >= 15 is 0 Å². The molecule has 0 amide bonds. The van der Waals surface area contributed by atoms with Crippen LogP contribution in [0.3, 0.4) is 0 Å². The molecule has 0 heterocycles. The molecule has 17 heavy (non-hydrogen) atoms. The molecule has 1 aromatic carbocycles. The molecule has 0 saturated carbocycles. The topological polar surface area (TPSA) is 32.6 Å². The van der Waals surface area contributed by atoms with Gasteiger partial charge in [0.2, 0.25) is 0 Å². The van der Waals surface area contributed by atoms with Crippen LogP contribution in [0.25, 0.3) is 0 Å². The summed E-state index contributed by atoms with van der Waals surface area (Å²) < 4.78 is 0. The minimum absolute atomic E-state index is 0.300. The summed E-state index contributed by atoms with van der Waals surface area (Å²) in [6.45, 7) is 3.13. The molecule has 0 saturated heterocycles. The second-order valence-electron chi connectivity index (χ2n) is 4.40. The monoisotopic (exact) mass is 233 g/mol. The largest absolute Gasteiger partial charge is 0.508 e. The van der Waals surface area contributed by atoms with Gasteiger partial charge in [0, 0.05) is 12.8 Å². The van der Waals surface area contributed by atoms with Crippen LogP contribution in [0.1, 0.15) is 51.0 Å². The third kappa shape index (κ3) is 6.77. The van der Waals surface area contributed by atoms with E-state index in [1.807, 2.05) is 18.3 Å². The van der Waals surface area contributed by atoms with E-state index in [9.17, 15) is 5.11 Å². The standard InChI is InChI=1S/C15H23NO/c1-2-3-4-5-6-7-11-16-13-14-9-8-10-15(17)12-14/h8-10,12-13,17H,2-7,11H2,1H3. The molecule has 0 radical (unpaired) electrons. The second kappa shape index (κ2) is 8.80. The Hall–Kier alpha value is -1.31. The number of hydrogen-bond acceptors (Lipinski definition) is 2. The van der Waals surface area contributed by atoms with E-state index in [2.05, 4.69) is 11.9 Å². The summed E-state index contributed by atoms with van der Waals surface area (Å²) >= 11 is 0. The van der Waals surface area contributed by atoms with Crippen LogP contribution >= 0.6 is 0 Å². The molecule has 0 spiro atoms. The van der Waals surface area contributed by atoms with Crippen LogP contribution in [-0.2, 0) is 0 Å². The van der Waals surface area contributed by atoms with Gasteiger partial charge in [0.05, 0.1) is 0 Å². The van der Waals surface area contributed by atoms with Gasteiger partial charge in [-0.25, -0.2) is 0 Å². The zero-order valence-electron chi connectivity index (χ0n) is 10.7. The first-order valence-corrected chi connectivity index (χ1v) is 6.62. The van der Waals surface area contributed by atoms with Crippen molar-refractivity contribution in [2.75, 3.05) is 6.54 Å². The van der Waals surface area contributed by atoms with Gasteiger partial charge in [-0.1, -0.05) is 51.2 Å². The number of rotatable bonds is 8. The number of nitrogens with zero attached hydrogens (tertiary/aromatic N) is 1. The highest BCUT2D eigenvalue weighted by molar-refractivity contribution is 5.80. The highest BCUT2D eigenvalue weighted by Crippen LogP contribution is 2.09. The van der Waals surface area contributed by atoms with Gasteiger partial charge in [-0.15, -0.1) is 0 Å². The Labute approximate surface area is 104 Å². The van der Waals surface area contributed by atoms with Crippen LogP contribution in [0.4, 0.5) is 0 Å². The van der Waals surface area contributed by atoms with Gasteiger partial charge in [0.15, 0.2) is 0 Å². The van der Waals surface area contributed by atoms with Gasteiger partial charge in [-0.05, 0) is 24.1 Å². The van der Waals surface area contributed by atoms with Crippen molar-refractivity contribution in [1.82, 2.24) is 0 Å². The molecule has 0 aliphatic carbocycles. The van der Waals surface area contributed by atoms with Crippen LogP contribution < -0.4 is 0 Å². The molecule has 0 fully saturated rings. The van der Waals surface area contributed by atoms with E-state index in [0.717, 1.165) is 12.1 Å². The molecule has 1 rings (SSSR count). The fourth-order valence-corrected chi connectivity index (χ4v) is 1.76. The summed E-state index contributed by atoms with van der Waals surface area (Å²) in [5, 5.41) is 9.27. The molecule has 0 aliphatic rings. The third-order valence-corrected chi connectivity index (χ3v) is 2.75. The van der Waals surface area contributed by atoms with Crippen LogP contribution in [0.2, 0.25) is 0 Å². The van der Waals surface area contributed by atoms with Crippen molar-refractivity contribution in [2.45, 2.75) is 45.4 Å². The smallest absolute Gasteiger partial charge is 0.116 e. The molecule has 2 nitrogen and oxygen atoms in total. The first-order chi connectivity index (χ1) is 8.33. The highest BCUT2D eigenvalue weighted by Gasteiger charge is 1.90. The number of aromatic hydroxyl groups is 1. The lowest BCUT2D eigenvalue weighted by atomic mass is 10.1. The summed E-state index contributed by atoms with van der Waals surface area (Å²) in [7, 11) is 0. The SMILES string of the molecule is CCCCCCCCN=Cc1cccc(O)c1. The lowest BCUT2D eigenvalue weighted by Gasteiger charge is -1.98. The number of phenolic OH excluding ortho intramolecular Hbond substituents is 1. The van der Waals surface area contributed by atoms with Crippen molar-refractivity contribution in [1.29, 1.82) is 0 Å². The van der Waals surface area contributed by atoms with Crippen molar-refractivity contribution >= 4 is 6.21 Å². The Bertz CT molecular complexity index is 333. The summed E-state index contributed by atoms with van der Waals surface area (Å²) in [6.07, 6.45) is 9.62. The van der Waals surface area contributed by atoms with E-state index in [4.69, 9.17) is 0 Å². The summed E-state index contributed by atoms with van der Waals surface area (Å²) in [5.74, 6) is 0.300. The van der Waals surface area contributed by atoms with E-state index in [-0.39, 0.29) is 0 Å². The van der Waals surface area contributed by atoms with Gasteiger partial charge in [0.1, 0.15) is 5.75 Å². The summed E-state index contributed by atoms with van der Waals surface area (Å²) in [4.78, 5) is 4.36. The molecule has 94 valence electrons. The summed E-state index contributed by atoms with van der Waals surface area (Å²) in [5.41, 5.74) is 0.969. The van der Waals surface area contributed by atoms with Crippen molar-refractivity contribution in [3.63, 3.8) is 0 Å². The molecule has 0 bridgehead atoms. The minimum Gasteiger partial charge on any atom is -0.508 e. The van der Waals surface area contributed by atoms with Gasteiger partial charge in [-0.2, -0.15) is 0 Å². The lowest BCUT2D eigenvalue weighted by Crippen LogP contribution is -1.86. The quantitative estimate of drug-likeness (QED) is 0.530. The normalized spacial score (nSPS) is 11.1. The van der Waals surface area contributed by atoms with E-state index < -0.39 is 0 Å². The van der Waals surface area contributed by atoms with Crippen molar-refractivity contribution in [3.05, 3.63) is 29.8 Å². The Kier molecular flexibility index (Phi) is 7.12. The first kappa shape index (κ1) is 13.8.